The van der Waals surface area contributed by atoms with Crippen LogP contribution in [0.3, 0.4) is 0 Å². The summed E-state index contributed by atoms with van der Waals surface area (Å²) in [5, 5.41) is 9.95. The van der Waals surface area contributed by atoms with E-state index in [0.29, 0.717) is 23.3 Å². The average molecular weight is 344 g/mol. The highest BCUT2D eigenvalue weighted by Crippen LogP contribution is 2.30. The van der Waals surface area contributed by atoms with Gasteiger partial charge in [0.1, 0.15) is 17.0 Å². The van der Waals surface area contributed by atoms with E-state index in [-0.39, 0.29) is 16.3 Å². The minimum Gasteiger partial charge on any atom is -0.508 e. The van der Waals surface area contributed by atoms with Crippen molar-refractivity contribution >= 4 is 26.6 Å². The first kappa shape index (κ1) is 16.1. The molecule has 24 heavy (non-hydrogen) atoms. The van der Waals surface area contributed by atoms with Gasteiger partial charge in [-0.05, 0) is 43.3 Å². The highest BCUT2D eigenvalue weighted by Gasteiger charge is 2.20. The number of aromatic hydroxyl groups is 1. The van der Waals surface area contributed by atoms with Crippen molar-refractivity contribution in [2.75, 3.05) is 11.3 Å². The molecule has 2 aromatic carbocycles. The second kappa shape index (κ2) is 6.37. The molecular formula is C17H16N2O4S. The van der Waals surface area contributed by atoms with Crippen LogP contribution < -0.4 is 9.46 Å². The van der Waals surface area contributed by atoms with E-state index in [0.717, 1.165) is 0 Å². The number of benzene rings is 2. The molecule has 0 atom stereocenters. The largest absolute Gasteiger partial charge is 0.508 e. The number of ether oxygens (including phenoxy) is 1. The van der Waals surface area contributed by atoms with Crippen LogP contribution in [0.25, 0.3) is 10.9 Å². The molecule has 1 heterocycles. The van der Waals surface area contributed by atoms with Crippen LogP contribution in [0.5, 0.6) is 11.5 Å². The first-order chi connectivity index (χ1) is 11.5. The highest BCUT2D eigenvalue weighted by atomic mass is 32.2. The Morgan fingerprint density at radius 2 is 2.00 bits per heavy atom. The Morgan fingerprint density at radius 3 is 2.75 bits per heavy atom. The molecule has 0 amide bonds. The number of nitrogens with one attached hydrogen (secondary N) is 1. The van der Waals surface area contributed by atoms with Crippen molar-refractivity contribution in [3.05, 3.63) is 54.7 Å². The Balaban J connectivity index is 2.10. The summed E-state index contributed by atoms with van der Waals surface area (Å²) in [6, 6.07) is 12.4. The maximum atomic E-state index is 12.7. The van der Waals surface area contributed by atoms with Gasteiger partial charge in [0.2, 0.25) is 0 Å². The zero-order valence-corrected chi connectivity index (χ0v) is 13.7. The lowest BCUT2D eigenvalue weighted by Gasteiger charge is -2.13. The predicted octanol–water partition coefficient (Wildman–Crippen LogP) is 3.14. The van der Waals surface area contributed by atoms with Crippen LogP contribution in [-0.4, -0.2) is 25.1 Å². The third-order valence-corrected chi connectivity index (χ3v) is 4.82. The number of hydrogen-bond acceptors (Lipinski definition) is 5. The average Bonchev–Trinajstić information content (AvgIpc) is 2.55. The second-order valence-corrected chi connectivity index (χ2v) is 6.70. The van der Waals surface area contributed by atoms with Crippen LogP contribution >= 0.6 is 0 Å². The Bertz CT molecular complexity index is 987. The summed E-state index contributed by atoms with van der Waals surface area (Å²) in [4.78, 5) is 4.33. The van der Waals surface area contributed by atoms with E-state index < -0.39 is 10.0 Å². The zero-order valence-electron chi connectivity index (χ0n) is 12.9. The van der Waals surface area contributed by atoms with Gasteiger partial charge in [-0.1, -0.05) is 6.07 Å². The molecule has 0 saturated heterocycles. The standard InChI is InChI=1S/C17H16N2O4S/c1-2-23-15-8-9-16(14-7-4-10-18-17(14)15)24(21,22)19-12-5-3-6-13(20)11-12/h3-11,19-20H,2H2,1H3. The zero-order chi connectivity index (χ0) is 17.2. The first-order valence-electron chi connectivity index (χ1n) is 7.33. The molecule has 0 spiro atoms. The van der Waals surface area contributed by atoms with E-state index in [1.54, 1.807) is 36.5 Å². The molecule has 1 aromatic heterocycles. The fourth-order valence-electron chi connectivity index (χ4n) is 2.41. The highest BCUT2D eigenvalue weighted by molar-refractivity contribution is 7.93. The van der Waals surface area contributed by atoms with Crippen LogP contribution in [0.1, 0.15) is 6.92 Å². The molecule has 0 aliphatic heterocycles. The van der Waals surface area contributed by atoms with Crippen LogP contribution in [0, 0.1) is 0 Å². The Hall–Kier alpha value is -2.80. The first-order valence-corrected chi connectivity index (χ1v) is 8.82. The normalized spacial score (nSPS) is 11.4. The molecular weight excluding hydrogens is 328 g/mol. The monoisotopic (exact) mass is 344 g/mol. The molecule has 3 rings (SSSR count). The van der Waals surface area contributed by atoms with Gasteiger partial charge in [0.05, 0.1) is 17.2 Å². The molecule has 3 aromatic rings. The van der Waals surface area contributed by atoms with Crippen molar-refractivity contribution in [2.45, 2.75) is 11.8 Å². The van der Waals surface area contributed by atoms with Gasteiger partial charge in [-0.25, -0.2) is 8.42 Å². The van der Waals surface area contributed by atoms with Crippen molar-refractivity contribution in [1.82, 2.24) is 4.98 Å². The van der Waals surface area contributed by atoms with Crippen molar-refractivity contribution in [3.63, 3.8) is 0 Å². The van der Waals surface area contributed by atoms with Crippen molar-refractivity contribution < 1.29 is 18.3 Å². The number of sulfonamides is 1. The molecule has 0 saturated carbocycles. The molecule has 124 valence electrons. The van der Waals surface area contributed by atoms with Crippen LogP contribution in [0.4, 0.5) is 5.69 Å². The summed E-state index contributed by atoms with van der Waals surface area (Å²) in [7, 11) is -3.85. The lowest BCUT2D eigenvalue weighted by Crippen LogP contribution is -2.13. The van der Waals surface area contributed by atoms with Crippen LogP contribution in [0.2, 0.25) is 0 Å². The maximum Gasteiger partial charge on any atom is 0.262 e. The van der Waals surface area contributed by atoms with E-state index in [2.05, 4.69) is 9.71 Å². The molecule has 7 heteroatoms. The fourth-order valence-corrected chi connectivity index (χ4v) is 3.66. The SMILES string of the molecule is CCOc1ccc(S(=O)(=O)Nc2cccc(O)c2)c2cccnc12. The molecule has 0 unspecified atom stereocenters. The number of pyridine rings is 1. The van der Waals surface area contributed by atoms with Gasteiger partial charge in [0.25, 0.3) is 10.0 Å². The minimum atomic E-state index is -3.85. The number of aromatic nitrogens is 1. The van der Waals surface area contributed by atoms with E-state index in [1.807, 2.05) is 6.92 Å². The summed E-state index contributed by atoms with van der Waals surface area (Å²) in [6.45, 7) is 2.31. The molecule has 0 aliphatic rings. The quantitative estimate of drug-likeness (QED) is 0.742. The number of phenolic OH excluding ortho intramolecular Hbond substituents is 1. The molecule has 0 aliphatic carbocycles. The number of nitrogens with zero attached hydrogens (tertiary/aromatic N) is 1. The van der Waals surface area contributed by atoms with E-state index >= 15 is 0 Å². The number of phenols is 1. The van der Waals surface area contributed by atoms with Crippen LogP contribution in [-0.2, 0) is 10.0 Å². The molecule has 0 bridgehead atoms. The van der Waals surface area contributed by atoms with Gasteiger partial charge in [0, 0.05) is 17.6 Å². The van der Waals surface area contributed by atoms with E-state index in [1.165, 1.54) is 18.2 Å². The smallest absolute Gasteiger partial charge is 0.262 e. The predicted molar refractivity (Wildman–Crippen MR) is 91.8 cm³/mol. The van der Waals surface area contributed by atoms with E-state index in [9.17, 15) is 13.5 Å². The van der Waals surface area contributed by atoms with Gasteiger partial charge >= 0.3 is 0 Å². The third kappa shape index (κ3) is 3.11. The van der Waals surface area contributed by atoms with Crippen molar-refractivity contribution in [2.24, 2.45) is 0 Å². The second-order valence-electron chi connectivity index (χ2n) is 5.05. The molecule has 2 N–H and O–H groups in total. The number of rotatable bonds is 5. The number of anilines is 1. The summed E-state index contributed by atoms with van der Waals surface area (Å²) in [6.07, 6.45) is 1.59. The van der Waals surface area contributed by atoms with Gasteiger partial charge in [-0.15, -0.1) is 0 Å². The van der Waals surface area contributed by atoms with Crippen molar-refractivity contribution in [1.29, 1.82) is 0 Å². The summed E-state index contributed by atoms with van der Waals surface area (Å²) >= 11 is 0. The number of hydrogen-bond donors (Lipinski definition) is 2. The summed E-state index contributed by atoms with van der Waals surface area (Å²) in [5.41, 5.74) is 0.763. The molecule has 6 nitrogen and oxygen atoms in total. The summed E-state index contributed by atoms with van der Waals surface area (Å²) < 4.78 is 33.4. The molecule has 0 radical (unpaired) electrons. The lowest BCUT2D eigenvalue weighted by atomic mass is 10.2. The Morgan fingerprint density at radius 1 is 1.17 bits per heavy atom. The fraction of sp³-hybridized carbons (Fsp3) is 0.118. The van der Waals surface area contributed by atoms with E-state index in [4.69, 9.17) is 4.74 Å². The van der Waals surface area contributed by atoms with Crippen LogP contribution in [0.15, 0.2) is 59.6 Å². The van der Waals surface area contributed by atoms with Gasteiger partial charge < -0.3 is 9.84 Å². The molecule has 0 fully saturated rings. The Labute approximate surface area is 139 Å². The minimum absolute atomic E-state index is 0.0200. The van der Waals surface area contributed by atoms with Gasteiger partial charge in [0.15, 0.2) is 0 Å². The van der Waals surface area contributed by atoms with Gasteiger partial charge in [-0.3, -0.25) is 9.71 Å². The Kier molecular flexibility index (Phi) is 4.26. The van der Waals surface area contributed by atoms with Gasteiger partial charge in [-0.2, -0.15) is 0 Å². The maximum absolute atomic E-state index is 12.7. The number of fused-ring (bicyclic) bond motifs is 1. The topological polar surface area (TPSA) is 88.5 Å². The lowest BCUT2D eigenvalue weighted by molar-refractivity contribution is 0.343. The third-order valence-electron chi connectivity index (χ3n) is 3.38. The van der Waals surface area contributed by atoms with Crippen molar-refractivity contribution in [3.8, 4) is 11.5 Å². The summed E-state index contributed by atoms with van der Waals surface area (Å²) in [5.74, 6) is 0.512.